The molecule has 5 nitrogen and oxygen atoms in total. The van der Waals surface area contributed by atoms with Gasteiger partial charge in [0.1, 0.15) is 0 Å². The van der Waals surface area contributed by atoms with Crippen molar-refractivity contribution in [3.05, 3.63) is 0 Å². The number of aliphatic hydroxyl groups is 3. The first-order valence-electron chi connectivity index (χ1n) is 3.14. The molecule has 7 heteroatoms. The average Bonchev–Trinajstić information content (AvgIpc) is 1.78. The Hall–Kier alpha value is -0.340. The molecule has 0 saturated heterocycles. The van der Waals surface area contributed by atoms with Crippen LogP contribution >= 0.6 is 0 Å². The van der Waals surface area contributed by atoms with Gasteiger partial charge in [0.05, 0.1) is 6.54 Å². The summed E-state index contributed by atoms with van der Waals surface area (Å²) in [6.45, 7) is 0.856. The summed E-state index contributed by atoms with van der Waals surface area (Å²) in [5, 5.41) is 27.6. The summed E-state index contributed by atoms with van der Waals surface area (Å²) in [6, 6.07) is 0. The van der Waals surface area contributed by atoms with Gasteiger partial charge >= 0.3 is 0 Å². The van der Waals surface area contributed by atoms with Crippen molar-refractivity contribution in [1.82, 2.24) is 5.32 Å². The van der Waals surface area contributed by atoms with Crippen molar-refractivity contribution in [3.8, 4) is 0 Å². The maximum Gasteiger partial charge on any atom is 0.288 e. The molecule has 0 aliphatic heterocycles. The van der Waals surface area contributed by atoms with Gasteiger partial charge in [-0.3, -0.25) is 9.41 Å². The standard InChI is InChI=1S/C5H14N2O3.2FH/c6-2-1-3-7-4-5(8,9)10;;/h7-10H,1-4,6H2;2*1H. The monoisotopic (exact) mass is 190 g/mol. The number of nitrogens with two attached hydrogens (primary N) is 1. The summed E-state index contributed by atoms with van der Waals surface area (Å²) in [7, 11) is 0. The van der Waals surface area contributed by atoms with Gasteiger partial charge in [-0.2, -0.15) is 0 Å². The van der Waals surface area contributed by atoms with Crippen LogP contribution in [0.3, 0.4) is 0 Å². The fourth-order valence-electron chi connectivity index (χ4n) is 0.483. The minimum atomic E-state index is -2.60. The van der Waals surface area contributed by atoms with Crippen molar-refractivity contribution in [3.63, 3.8) is 0 Å². The van der Waals surface area contributed by atoms with Crippen molar-refractivity contribution in [1.29, 1.82) is 0 Å². The molecule has 0 aliphatic rings. The second-order valence-corrected chi connectivity index (χ2v) is 2.09. The van der Waals surface area contributed by atoms with E-state index in [1.54, 1.807) is 0 Å². The molecule has 0 aromatic rings. The Balaban J connectivity index is -0.000000405. The second-order valence-electron chi connectivity index (χ2n) is 2.09. The highest BCUT2D eigenvalue weighted by Crippen LogP contribution is 1.87. The summed E-state index contributed by atoms with van der Waals surface area (Å²) >= 11 is 0. The van der Waals surface area contributed by atoms with E-state index in [0.717, 1.165) is 6.42 Å². The first-order chi connectivity index (χ1) is 4.56. The van der Waals surface area contributed by atoms with Crippen LogP contribution in [-0.2, 0) is 0 Å². The van der Waals surface area contributed by atoms with E-state index in [2.05, 4.69) is 5.32 Å². The van der Waals surface area contributed by atoms with Gasteiger partial charge in [-0.15, -0.1) is 0 Å². The van der Waals surface area contributed by atoms with E-state index in [0.29, 0.717) is 13.1 Å². The van der Waals surface area contributed by atoms with Crippen LogP contribution in [-0.4, -0.2) is 40.9 Å². The van der Waals surface area contributed by atoms with Gasteiger partial charge in [0, 0.05) is 0 Å². The Labute approximate surface area is 68.9 Å². The number of hydrogen-bond donors (Lipinski definition) is 5. The Kier molecular flexibility index (Phi) is 12.9. The molecule has 0 radical (unpaired) electrons. The molecule has 0 saturated carbocycles. The highest BCUT2D eigenvalue weighted by atomic mass is 19.0. The first kappa shape index (κ1) is 17.7. The van der Waals surface area contributed by atoms with Crippen LogP contribution in [0.15, 0.2) is 0 Å². The molecule has 6 N–H and O–H groups in total. The number of nitrogens with one attached hydrogen (secondary N) is 1. The van der Waals surface area contributed by atoms with Crippen molar-refractivity contribution >= 4 is 0 Å². The van der Waals surface area contributed by atoms with Crippen LogP contribution in [0, 0.1) is 0 Å². The molecule has 0 spiro atoms. The zero-order valence-corrected chi connectivity index (χ0v) is 6.56. The molecule has 78 valence electrons. The lowest BCUT2D eigenvalue weighted by atomic mass is 10.4. The van der Waals surface area contributed by atoms with Crippen molar-refractivity contribution in [2.24, 2.45) is 5.73 Å². The fraction of sp³-hybridized carbons (Fsp3) is 1.00. The quantitative estimate of drug-likeness (QED) is 0.252. The maximum absolute atomic E-state index is 8.33. The molecule has 0 atom stereocenters. The average molecular weight is 190 g/mol. The minimum absolute atomic E-state index is 0. The second kappa shape index (κ2) is 8.75. The van der Waals surface area contributed by atoms with E-state index in [1.807, 2.05) is 0 Å². The zero-order chi connectivity index (χ0) is 8.04. The van der Waals surface area contributed by atoms with Gasteiger partial charge < -0.3 is 26.4 Å². The van der Waals surface area contributed by atoms with E-state index in [-0.39, 0.29) is 16.0 Å². The maximum atomic E-state index is 8.33. The molecular formula is C5H16F2N2O3. The Bertz CT molecular complexity index is 89.3. The first-order valence-corrected chi connectivity index (χ1v) is 3.14. The third-order valence-corrected chi connectivity index (χ3v) is 0.920. The summed E-state index contributed by atoms with van der Waals surface area (Å²) < 4.78 is 0. The smallest absolute Gasteiger partial charge is 0.288 e. The number of hydrogen-bond acceptors (Lipinski definition) is 5. The van der Waals surface area contributed by atoms with Crippen LogP contribution in [0.1, 0.15) is 6.42 Å². The SMILES string of the molecule is F.F.NCCCNCC(O)(O)O. The summed E-state index contributed by atoms with van der Waals surface area (Å²) in [4.78, 5) is 0. The predicted octanol–water partition coefficient (Wildman–Crippen LogP) is -2.14. The zero-order valence-electron chi connectivity index (χ0n) is 6.56. The summed E-state index contributed by atoms with van der Waals surface area (Å²) in [5.41, 5.74) is 5.15. The summed E-state index contributed by atoms with van der Waals surface area (Å²) in [6.07, 6.45) is 0.746. The molecule has 0 heterocycles. The Morgan fingerprint density at radius 1 is 1.17 bits per heavy atom. The molecule has 0 amide bonds. The van der Waals surface area contributed by atoms with Crippen molar-refractivity contribution in [2.75, 3.05) is 19.6 Å². The van der Waals surface area contributed by atoms with Gasteiger partial charge in [-0.25, -0.2) is 0 Å². The number of rotatable bonds is 5. The predicted molar refractivity (Wildman–Crippen MR) is 40.9 cm³/mol. The molecule has 0 aliphatic carbocycles. The molecule has 0 rings (SSSR count). The van der Waals surface area contributed by atoms with E-state index in [1.165, 1.54) is 0 Å². The molecule has 0 aromatic carbocycles. The van der Waals surface area contributed by atoms with Gasteiger partial charge in [0.2, 0.25) is 0 Å². The van der Waals surface area contributed by atoms with Crippen LogP contribution in [0.25, 0.3) is 0 Å². The highest BCUT2D eigenvalue weighted by Gasteiger charge is 2.15. The largest absolute Gasteiger partial charge is 0.343 e. The lowest BCUT2D eigenvalue weighted by molar-refractivity contribution is -0.306. The van der Waals surface area contributed by atoms with Gasteiger partial charge in [0.25, 0.3) is 5.97 Å². The normalized spacial score (nSPS) is 10.0. The molecule has 0 bridgehead atoms. The molecular weight excluding hydrogens is 174 g/mol. The third-order valence-electron chi connectivity index (χ3n) is 0.920. The highest BCUT2D eigenvalue weighted by molar-refractivity contribution is 4.53. The minimum Gasteiger partial charge on any atom is -0.343 e. The topological polar surface area (TPSA) is 98.7 Å². The van der Waals surface area contributed by atoms with Crippen LogP contribution in [0.5, 0.6) is 0 Å². The van der Waals surface area contributed by atoms with E-state index in [9.17, 15) is 0 Å². The van der Waals surface area contributed by atoms with E-state index in [4.69, 9.17) is 21.1 Å². The molecule has 0 unspecified atom stereocenters. The summed E-state index contributed by atoms with van der Waals surface area (Å²) in [5.74, 6) is -2.60. The van der Waals surface area contributed by atoms with E-state index < -0.39 is 5.97 Å². The van der Waals surface area contributed by atoms with Crippen LogP contribution < -0.4 is 11.1 Å². The molecule has 12 heavy (non-hydrogen) atoms. The van der Waals surface area contributed by atoms with Crippen molar-refractivity contribution in [2.45, 2.75) is 12.4 Å². The fourth-order valence-corrected chi connectivity index (χ4v) is 0.483. The Morgan fingerprint density at radius 3 is 2.00 bits per heavy atom. The van der Waals surface area contributed by atoms with Gasteiger partial charge in [0.15, 0.2) is 0 Å². The molecule has 0 aromatic heterocycles. The van der Waals surface area contributed by atoms with Crippen LogP contribution in [0.4, 0.5) is 9.41 Å². The Morgan fingerprint density at radius 2 is 1.67 bits per heavy atom. The molecule has 0 fully saturated rings. The van der Waals surface area contributed by atoms with Gasteiger partial charge in [-0.1, -0.05) is 0 Å². The van der Waals surface area contributed by atoms with Gasteiger partial charge in [-0.05, 0) is 19.5 Å². The van der Waals surface area contributed by atoms with E-state index >= 15 is 0 Å². The third kappa shape index (κ3) is 16.3. The lowest BCUT2D eigenvalue weighted by Crippen LogP contribution is -2.40. The van der Waals surface area contributed by atoms with Crippen LogP contribution in [0.2, 0.25) is 0 Å². The van der Waals surface area contributed by atoms with Crippen molar-refractivity contribution < 1.29 is 24.7 Å². The lowest BCUT2D eigenvalue weighted by Gasteiger charge is -2.13. The number of halogens is 2.